The Labute approximate surface area is 138 Å². The molecule has 0 spiro atoms. The van der Waals surface area contributed by atoms with Crippen LogP contribution in [-0.2, 0) is 9.47 Å². The van der Waals surface area contributed by atoms with Gasteiger partial charge in [0.15, 0.2) is 0 Å². The van der Waals surface area contributed by atoms with E-state index < -0.39 is 32.4 Å². The Morgan fingerprint density at radius 2 is 1.60 bits per heavy atom. The zero-order valence-corrected chi connectivity index (χ0v) is 14.3. The van der Waals surface area contributed by atoms with Crippen molar-refractivity contribution in [2.24, 2.45) is 11.8 Å². The highest BCUT2D eigenvalue weighted by Gasteiger charge is 2.89. The highest BCUT2D eigenvalue weighted by atomic mass is 35.5. The van der Waals surface area contributed by atoms with Crippen LogP contribution in [0.15, 0.2) is 11.6 Å². The van der Waals surface area contributed by atoms with Crippen molar-refractivity contribution in [3.05, 3.63) is 11.6 Å². The minimum absolute atomic E-state index is 0.255. The molecule has 0 aliphatic heterocycles. The van der Waals surface area contributed by atoms with Crippen LogP contribution in [0.25, 0.3) is 0 Å². The molecule has 7 atom stereocenters. The van der Waals surface area contributed by atoms with Gasteiger partial charge in [-0.15, -0.1) is 46.4 Å². The van der Waals surface area contributed by atoms with Gasteiger partial charge in [-0.2, -0.15) is 0 Å². The summed E-state index contributed by atoms with van der Waals surface area (Å²) >= 11 is 26.7. The van der Waals surface area contributed by atoms with E-state index in [1.807, 2.05) is 13.0 Å². The van der Waals surface area contributed by atoms with E-state index in [1.165, 1.54) is 14.2 Å². The first kappa shape index (κ1) is 15.7. The van der Waals surface area contributed by atoms with Crippen LogP contribution in [0.2, 0.25) is 0 Å². The predicted molar refractivity (Wildman–Crippen MR) is 79.9 cm³/mol. The quantitative estimate of drug-likeness (QED) is 0.467. The molecule has 2 saturated carbocycles. The highest BCUT2D eigenvalue weighted by Crippen LogP contribution is 2.75. The number of halogens is 4. The first-order valence-electron chi connectivity index (χ1n) is 6.36. The molecule has 0 aromatic carbocycles. The number of methoxy groups -OCH3 is 2. The average Bonchev–Trinajstić information content (AvgIpc) is 2.86. The van der Waals surface area contributed by atoms with E-state index in [0.29, 0.717) is 0 Å². The second-order valence-electron chi connectivity index (χ2n) is 5.77. The zero-order valence-electron chi connectivity index (χ0n) is 11.2. The van der Waals surface area contributed by atoms with E-state index in [0.717, 1.165) is 5.57 Å². The van der Waals surface area contributed by atoms with Crippen molar-refractivity contribution in [1.82, 2.24) is 0 Å². The van der Waals surface area contributed by atoms with Crippen molar-refractivity contribution in [3.8, 4) is 0 Å². The van der Waals surface area contributed by atoms with E-state index >= 15 is 0 Å². The van der Waals surface area contributed by atoms with Crippen LogP contribution in [0.5, 0.6) is 0 Å². The number of ether oxygens (including phenoxy) is 2. The minimum atomic E-state index is -1.35. The zero-order chi connectivity index (χ0) is 15.1. The Kier molecular flexibility index (Phi) is 3.45. The van der Waals surface area contributed by atoms with E-state index in [9.17, 15) is 5.11 Å². The minimum Gasteiger partial charge on any atom is -0.388 e. The van der Waals surface area contributed by atoms with E-state index in [1.54, 1.807) is 0 Å². The van der Waals surface area contributed by atoms with E-state index in [2.05, 4.69) is 0 Å². The average molecular weight is 362 g/mol. The Balaban J connectivity index is 2.28. The molecule has 3 nitrogen and oxygen atoms in total. The Hall–Kier alpha value is 0.780. The fraction of sp³-hybridized carbons (Fsp3) is 0.846. The van der Waals surface area contributed by atoms with Gasteiger partial charge in [0, 0.05) is 26.1 Å². The molecule has 0 amide bonds. The summed E-state index contributed by atoms with van der Waals surface area (Å²) in [5.74, 6) is -2.00. The molecule has 2 fully saturated rings. The van der Waals surface area contributed by atoms with Crippen LogP contribution in [0.1, 0.15) is 6.92 Å². The molecule has 3 rings (SSSR count). The van der Waals surface area contributed by atoms with Crippen molar-refractivity contribution < 1.29 is 14.6 Å². The van der Waals surface area contributed by atoms with Crippen LogP contribution in [0, 0.1) is 11.8 Å². The highest BCUT2D eigenvalue weighted by molar-refractivity contribution is 6.44. The van der Waals surface area contributed by atoms with Crippen molar-refractivity contribution >= 4 is 46.4 Å². The number of aliphatic hydroxyl groups excluding tert-OH is 1. The summed E-state index contributed by atoms with van der Waals surface area (Å²) in [6.07, 6.45) is 1.19. The molecule has 20 heavy (non-hydrogen) atoms. The lowest BCUT2D eigenvalue weighted by molar-refractivity contribution is -0.224. The Morgan fingerprint density at radius 3 is 2.10 bits per heavy atom. The van der Waals surface area contributed by atoms with Gasteiger partial charge in [-0.05, 0) is 12.5 Å². The van der Waals surface area contributed by atoms with Gasteiger partial charge < -0.3 is 14.6 Å². The largest absolute Gasteiger partial charge is 0.388 e. The van der Waals surface area contributed by atoms with Crippen LogP contribution in [-0.4, -0.2) is 51.7 Å². The van der Waals surface area contributed by atoms with Gasteiger partial charge in [0.2, 0.25) is 5.79 Å². The Bertz CT molecular complexity index is 480. The number of alkyl halides is 4. The maximum atomic E-state index is 10.5. The summed E-state index contributed by atoms with van der Waals surface area (Å²) in [5, 5.41) is 9.15. The molecule has 2 bridgehead atoms. The predicted octanol–water partition coefficient (Wildman–Crippen LogP) is 2.73. The van der Waals surface area contributed by atoms with Crippen molar-refractivity contribution in [2.75, 3.05) is 14.2 Å². The molecule has 0 aromatic rings. The lowest BCUT2D eigenvalue weighted by Gasteiger charge is -2.42. The number of aliphatic hydroxyl groups is 1. The summed E-state index contributed by atoms with van der Waals surface area (Å²) in [6, 6.07) is 0. The lowest BCUT2D eigenvalue weighted by atomic mass is 9.79. The molecule has 3 aliphatic rings. The van der Waals surface area contributed by atoms with Gasteiger partial charge in [0.1, 0.15) is 9.75 Å². The monoisotopic (exact) mass is 360 g/mol. The number of allylic oxidation sites excluding steroid dienone is 1. The Morgan fingerprint density at radius 1 is 1.10 bits per heavy atom. The second kappa shape index (κ2) is 4.41. The second-order valence-corrected chi connectivity index (χ2v) is 7.96. The third-order valence-corrected chi connectivity index (χ3v) is 8.27. The molecule has 1 N–H and O–H groups in total. The van der Waals surface area contributed by atoms with Gasteiger partial charge in [-0.1, -0.05) is 6.08 Å². The maximum Gasteiger partial charge on any atom is 0.210 e. The first-order chi connectivity index (χ1) is 9.24. The number of hydrogen-bond acceptors (Lipinski definition) is 3. The smallest absolute Gasteiger partial charge is 0.210 e. The molecule has 0 radical (unpaired) electrons. The van der Waals surface area contributed by atoms with Crippen molar-refractivity contribution in [2.45, 2.75) is 39.3 Å². The SMILES string of the molecule is COC1(OC)[C@@]2(Cl)C(Cl)C(Cl)[C@]1(Cl)[C@H]1C=C(C)[C@@H](O)[C@H]12. The summed E-state index contributed by atoms with van der Waals surface area (Å²) < 4.78 is 11.2. The molecule has 0 heterocycles. The van der Waals surface area contributed by atoms with E-state index in [4.69, 9.17) is 55.9 Å². The molecule has 0 aromatic heterocycles. The van der Waals surface area contributed by atoms with Gasteiger partial charge in [0.05, 0.1) is 16.9 Å². The molecular formula is C13H16Cl4O3. The normalized spacial score (nSPS) is 56.0. The molecular weight excluding hydrogens is 346 g/mol. The van der Waals surface area contributed by atoms with Gasteiger partial charge in [-0.25, -0.2) is 0 Å². The van der Waals surface area contributed by atoms with Crippen LogP contribution < -0.4 is 0 Å². The molecule has 114 valence electrons. The summed E-state index contributed by atoms with van der Waals surface area (Å²) in [6.45, 7) is 1.84. The summed E-state index contributed by atoms with van der Waals surface area (Å²) in [7, 11) is 2.95. The third kappa shape index (κ3) is 1.25. The standard InChI is InChI=1S/C13H16Cl4O3/c1-5-4-6-7(8(5)18)12(17)10(15)9(14)11(6,16)13(12,19-2)20-3/h4,6-10,18H,1-3H3/t6-,7-,8+,9?,10?,11+,12-/m0/s1. The van der Waals surface area contributed by atoms with Gasteiger partial charge >= 0.3 is 0 Å². The number of hydrogen-bond donors (Lipinski definition) is 1. The van der Waals surface area contributed by atoms with Gasteiger partial charge in [-0.3, -0.25) is 0 Å². The molecule has 0 saturated heterocycles. The maximum absolute atomic E-state index is 10.5. The number of rotatable bonds is 2. The van der Waals surface area contributed by atoms with Crippen LogP contribution >= 0.6 is 46.4 Å². The van der Waals surface area contributed by atoms with Crippen molar-refractivity contribution in [3.63, 3.8) is 0 Å². The van der Waals surface area contributed by atoms with Crippen LogP contribution in [0.3, 0.4) is 0 Å². The van der Waals surface area contributed by atoms with Crippen LogP contribution in [0.4, 0.5) is 0 Å². The molecule has 2 unspecified atom stereocenters. The molecule has 7 heteroatoms. The van der Waals surface area contributed by atoms with Gasteiger partial charge in [0.25, 0.3) is 0 Å². The molecule has 3 aliphatic carbocycles. The third-order valence-electron chi connectivity index (χ3n) is 5.25. The fourth-order valence-corrected chi connectivity index (χ4v) is 6.92. The summed E-state index contributed by atoms with van der Waals surface area (Å²) in [5.41, 5.74) is 0.825. The fourth-order valence-electron chi connectivity index (χ4n) is 4.44. The number of fused-ring (bicyclic) bond motifs is 5. The topological polar surface area (TPSA) is 38.7 Å². The van der Waals surface area contributed by atoms with E-state index in [-0.39, 0.29) is 11.8 Å². The first-order valence-corrected chi connectivity index (χ1v) is 7.99. The van der Waals surface area contributed by atoms with Crippen molar-refractivity contribution in [1.29, 1.82) is 0 Å². The lowest BCUT2D eigenvalue weighted by Crippen LogP contribution is -2.58. The summed E-state index contributed by atoms with van der Waals surface area (Å²) in [4.78, 5) is -2.33.